The van der Waals surface area contributed by atoms with Crippen LogP contribution >= 0.6 is 0 Å². The molecule has 0 saturated heterocycles. The van der Waals surface area contributed by atoms with Crippen LogP contribution in [0.4, 0.5) is 8.78 Å². The molecule has 0 fully saturated rings. The zero-order valence-corrected chi connectivity index (χ0v) is 15.8. The van der Waals surface area contributed by atoms with E-state index in [-0.39, 0.29) is 39.5 Å². The molecule has 0 aliphatic heterocycles. The minimum atomic E-state index is -3.37. The number of hydrogen-bond acceptors (Lipinski definition) is 6. The average molecular weight is 410 g/mol. The number of carbonyl (C=O) groups excluding carboxylic acids is 1. The lowest BCUT2D eigenvalue weighted by atomic mass is 10.1. The molecule has 0 bridgehead atoms. The highest BCUT2D eigenvalue weighted by Gasteiger charge is 2.20. The predicted molar refractivity (Wildman–Crippen MR) is 96.8 cm³/mol. The Hall–Kier alpha value is -2.94. The van der Waals surface area contributed by atoms with E-state index in [0.717, 1.165) is 12.3 Å². The molecule has 2 aromatic carbocycles. The second kappa shape index (κ2) is 7.59. The fourth-order valence-corrected chi connectivity index (χ4v) is 3.16. The van der Waals surface area contributed by atoms with Crippen LogP contribution in [0.5, 0.6) is 11.5 Å². The van der Waals surface area contributed by atoms with Crippen molar-refractivity contribution in [1.29, 1.82) is 0 Å². The van der Waals surface area contributed by atoms with E-state index in [0.29, 0.717) is 0 Å². The second-order valence-electron chi connectivity index (χ2n) is 5.90. The number of alkyl halides is 2. The van der Waals surface area contributed by atoms with Crippen molar-refractivity contribution in [3.63, 3.8) is 0 Å². The normalized spacial score (nSPS) is 11.8. The minimum Gasteiger partial charge on any atom is -0.462 e. The summed E-state index contributed by atoms with van der Waals surface area (Å²) >= 11 is 0. The first-order chi connectivity index (χ1) is 13.2. The number of benzene rings is 2. The van der Waals surface area contributed by atoms with E-state index >= 15 is 0 Å². The number of fused-ring (bicyclic) bond motifs is 1. The van der Waals surface area contributed by atoms with Crippen LogP contribution in [-0.4, -0.2) is 27.2 Å². The van der Waals surface area contributed by atoms with E-state index in [1.165, 1.54) is 36.4 Å². The molecule has 1 aromatic heterocycles. The van der Waals surface area contributed by atoms with E-state index in [4.69, 9.17) is 13.9 Å². The molecule has 3 rings (SSSR count). The molecule has 3 aromatic rings. The number of rotatable bonds is 6. The molecule has 6 nitrogen and oxygen atoms in total. The fourth-order valence-electron chi connectivity index (χ4n) is 2.53. The molecule has 0 atom stereocenters. The summed E-state index contributed by atoms with van der Waals surface area (Å²) in [5, 5.41) is 0.246. The van der Waals surface area contributed by atoms with E-state index < -0.39 is 28.0 Å². The van der Waals surface area contributed by atoms with Gasteiger partial charge in [-0.15, -0.1) is 0 Å². The highest BCUT2D eigenvalue weighted by atomic mass is 32.2. The summed E-state index contributed by atoms with van der Waals surface area (Å²) in [6.07, 6.45) is -1.76. The third-order valence-electron chi connectivity index (χ3n) is 3.82. The number of ether oxygens (including phenoxy) is 2. The van der Waals surface area contributed by atoms with Gasteiger partial charge in [-0.05, 0) is 49.4 Å². The maximum atomic E-state index is 13.0. The maximum absolute atomic E-state index is 13.0. The SMILES string of the molecule is CCOC(=O)c1cc(Oc2ccc(S(C)(=O)=O)cc2)c2cc(C(F)F)oc2c1. The number of halogens is 2. The van der Waals surface area contributed by atoms with Crippen molar-refractivity contribution in [3.05, 3.63) is 53.8 Å². The molecule has 0 unspecified atom stereocenters. The average Bonchev–Trinajstić information content (AvgIpc) is 3.06. The summed E-state index contributed by atoms with van der Waals surface area (Å²) in [6.45, 7) is 1.78. The van der Waals surface area contributed by atoms with E-state index in [1.54, 1.807) is 6.92 Å². The van der Waals surface area contributed by atoms with Crippen LogP contribution in [0.15, 0.2) is 51.8 Å². The van der Waals surface area contributed by atoms with Crippen LogP contribution < -0.4 is 4.74 Å². The van der Waals surface area contributed by atoms with Gasteiger partial charge in [0.15, 0.2) is 15.6 Å². The molecule has 1 heterocycles. The maximum Gasteiger partial charge on any atom is 0.338 e. The van der Waals surface area contributed by atoms with Crippen LogP contribution in [0.1, 0.15) is 29.5 Å². The molecular weight excluding hydrogens is 394 g/mol. The summed E-state index contributed by atoms with van der Waals surface area (Å²) in [7, 11) is -3.37. The number of esters is 1. The molecule has 0 radical (unpaired) electrons. The number of furan rings is 1. The predicted octanol–water partition coefficient (Wildman–Crippen LogP) is 4.74. The van der Waals surface area contributed by atoms with E-state index in [9.17, 15) is 22.0 Å². The van der Waals surface area contributed by atoms with Crippen molar-refractivity contribution in [1.82, 2.24) is 0 Å². The Morgan fingerprint density at radius 1 is 1.14 bits per heavy atom. The fraction of sp³-hybridized carbons (Fsp3) is 0.211. The molecule has 0 aliphatic rings. The van der Waals surface area contributed by atoms with Crippen molar-refractivity contribution in [2.75, 3.05) is 12.9 Å². The molecule has 0 N–H and O–H groups in total. The Bertz CT molecular complexity index is 1120. The van der Waals surface area contributed by atoms with Crippen LogP contribution in [0.3, 0.4) is 0 Å². The first kappa shape index (κ1) is 19.8. The summed E-state index contributed by atoms with van der Waals surface area (Å²) in [4.78, 5) is 12.2. The summed E-state index contributed by atoms with van der Waals surface area (Å²) in [5.41, 5.74) is 0.121. The van der Waals surface area contributed by atoms with Gasteiger partial charge in [0.1, 0.15) is 17.1 Å². The third-order valence-corrected chi connectivity index (χ3v) is 4.95. The van der Waals surface area contributed by atoms with Crippen LogP contribution in [0.25, 0.3) is 11.0 Å². The highest BCUT2D eigenvalue weighted by Crippen LogP contribution is 2.36. The monoisotopic (exact) mass is 410 g/mol. The second-order valence-corrected chi connectivity index (χ2v) is 7.92. The van der Waals surface area contributed by atoms with Gasteiger partial charge in [-0.2, -0.15) is 0 Å². The van der Waals surface area contributed by atoms with E-state index in [1.807, 2.05) is 0 Å². The lowest BCUT2D eigenvalue weighted by Gasteiger charge is -2.09. The Kier molecular flexibility index (Phi) is 5.37. The van der Waals surface area contributed by atoms with Gasteiger partial charge >= 0.3 is 5.97 Å². The van der Waals surface area contributed by atoms with Crippen molar-refractivity contribution in [2.24, 2.45) is 0 Å². The molecule has 0 amide bonds. The first-order valence-corrected chi connectivity index (χ1v) is 10.1. The number of carbonyl (C=O) groups is 1. The van der Waals surface area contributed by atoms with Crippen LogP contribution in [0, 0.1) is 0 Å². The lowest BCUT2D eigenvalue weighted by molar-refractivity contribution is 0.0526. The zero-order valence-electron chi connectivity index (χ0n) is 14.9. The van der Waals surface area contributed by atoms with Gasteiger partial charge in [-0.3, -0.25) is 0 Å². The van der Waals surface area contributed by atoms with Gasteiger partial charge < -0.3 is 13.9 Å². The minimum absolute atomic E-state index is 0.0450. The van der Waals surface area contributed by atoms with Crippen molar-refractivity contribution in [3.8, 4) is 11.5 Å². The van der Waals surface area contributed by atoms with Crippen molar-refractivity contribution < 1.29 is 35.9 Å². The Morgan fingerprint density at radius 2 is 1.82 bits per heavy atom. The number of hydrogen-bond donors (Lipinski definition) is 0. The summed E-state index contributed by atoms with van der Waals surface area (Å²) in [5.74, 6) is -0.859. The molecule has 28 heavy (non-hydrogen) atoms. The molecule has 9 heteroatoms. The molecule has 0 saturated carbocycles. The molecular formula is C19H16F2O6S. The van der Waals surface area contributed by atoms with Gasteiger partial charge in [-0.25, -0.2) is 22.0 Å². The summed E-state index contributed by atoms with van der Waals surface area (Å²) in [6, 6.07) is 9.36. The van der Waals surface area contributed by atoms with Crippen molar-refractivity contribution >= 4 is 26.8 Å². The topological polar surface area (TPSA) is 82.8 Å². The summed E-state index contributed by atoms with van der Waals surface area (Å²) < 4.78 is 64.9. The van der Waals surface area contributed by atoms with Gasteiger partial charge in [0.2, 0.25) is 0 Å². The Balaban J connectivity index is 2.05. The smallest absolute Gasteiger partial charge is 0.338 e. The van der Waals surface area contributed by atoms with E-state index in [2.05, 4.69) is 0 Å². The van der Waals surface area contributed by atoms with Crippen LogP contribution in [-0.2, 0) is 14.6 Å². The Labute approximate surface area is 159 Å². The first-order valence-electron chi connectivity index (χ1n) is 8.19. The standard InChI is InChI=1S/C19H16F2O6S/c1-3-25-19(22)11-8-15(14-10-17(18(20)21)27-16(14)9-11)26-12-4-6-13(7-5-12)28(2,23)24/h4-10,18H,3H2,1-2H3. The largest absolute Gasteiger partial charge is 0.462 e. The molecule has 148 valence electrons. The third kappa shape index (κ3) is 4.14. The lowest BCUT2D eigenvalue weighted by Crippen LogP contribution is -2.04. The van der Waals surface area contributed by atoms with Gasteiger partial charge in [0.25, 0.3) is 6.43 Å². The van der Waals surface area contributed by atoms with Crippen molar-refractivity contribution in [2.45, 2.75) is 18.2 Å². The highest BCUT2D eigenvalue weighted by molar-refractivity contribution is 7.90. The molecule has 0 aliphatic carbocycles. The molecule has 0 spiro atoms. The quantitative estimate of drug-likeness (QED) is 0.546. The zero-order chi connectivity index (χ0) is 20.5. The van der Waals surface area contributed by atoms with Gasteiger partial charge in [-0.1, -0.05) is 0 Å². The van der Waals surface area contributed by atoms with Gasteiger partial charge in [0.05, 0.1) is 22.5 Å². The Morgan fingerprint density at radius 3 is 2.39 bits per heavy atom. The van der Waals surface area contributed by atoms with Gasteiger partial charge in [0, 0.05) is 6.26 Å². The van der Waals surface area contributed by atoms with Crippen LogP contribution in [0.2, 0.25) is 0 Å². The number of sulfone groups is 1.